The molecular formula is C10H17NO2. The Morgan fingerprint density at radius 3 is 2.15 bits per heavy atom. The van der Waals surface area contributed by atoms with Gasteiger partial charge in [-0.1, -0.05) is 13.8 Å². The van der Waals surface area contributed by atoms with Crippen molar-refractivity contribution in [3.8, 4) is 0 Å². The molecule has 74 valence electrons. The molecule has 2 rings (SSSR count). The zero-order chi connectivity index (χ0) is 9.42. The topological polar surface area (TPSA) is 29.5 Å². The van der Waals surface area contributed by atoms with E-state index in [0.29, 0.717) is 31.0 Å². The third kappa shape index (κ3) is 1.57. The molecule has 2 aliphatic heterocycles. The minimum absolute atomic E-state index is 0.164. The average molecular weight is 183 g/mol. The highest BCUT2D eigenvalue weighted by Crippen LogP contribution is 2.25. The van der Waals surface area contributed by atoms with Gasteiger partial charge in [0.2, 0.25) is 5.91 Å². The molecule has 0 saturated carbocycles. The van der Waals surface area contributed by atoms with Gasteiger partial charge in [-0.25, -0.2) is 0 Å². The number of carbonyl (C=O) groups is 1. The van der Waals surface area contributed by atoms with Crippen LogP contribution in [0.2, 0.25) is 0 Å². The van der Waals surface area contributed by atoms with Gasteiger partial charge in [-0.2, -0.15) is 0 Å². The number of likely N-dealkylation sites (tertiary alicyclic amines) is 1. The minimum atomic E-state index is 0.164. The molecule has 0 bridgehead atoms. The number of rotatable bonds is 1. The molecule has 13 heavy (non-hydrogen) atoms. The molecule has 2 aliphatic rings. The first-order valence-corrected chi connectivity index (χ1v) is 5.05. The molecule has 0 aliphatic carbocycles. The fourth-order valence-electron chi connectivity index (χ4n) is 1.95. The van der Waals surface area contributed by atoms with Gasteiger partial charge in [-0.05, 0) is 11.8 Å². The monoisotopic (exact) mass is 183 g/mol. The highest BCUT2D eigenvalue weighted by molar-refractivity contribution is 5.80. The van der Waals surface area contributed by atoms with Crippen molar-refractivity contribution in [3.63, 3.8) is 0 Å². The highest BCUT2D eigenvalue weighted by Gasteiger charge is 2.35. The Hall–Kier alpha value is -0.570. The Morgan fingerprint density at radius 1 is 1.23 bits per heavy atom. The van der Waals surface area contributed by atoms with Crippen LogP contribution in [0.15, 0.2) is 0 Å². The summed E-state index contributed by atoms with van der Waals surface area (Å²) in [7, 11) is 0. The van der Waals surface area contributed by atoms with E-state index in [0.717, 1.165) is 13.1 Å². The Bertz CT molecular complexity index is 203. The van der Waals surface area contributed by atoms with E-state index in [-0.39, 0.29) is 5.92 Å². The zero-order valence-corrected chi connectivity index (χ0v) is 8.32. The van der Waals surface area contributed by atoms with Gasteiger partial charge in [0, 0.05) is 13.1 Å². The first-order chi connectivity index (χ1) is 6.18. The summed E-state index contributed by atoms with van der Waals surface area (Å²) in [5.74, 6) is 1.79. The van der Waals surface area contributed by atoms with E-state index in [2.05, 4.69) is 13.8 Å². The average Bonchev–Trinajstić information content (AvgIpc) is 2.28. The molecule has 0 aromatic heterocycles. The molecule has 1 amide bonds. The minimum Gasteiger partial charge on any atom is -0.380 e. The second-order valence-electron chi connectivity index (χ2n) is 4.43. The van der Waals surface area contributed by atoms with E-state index >= 15 is 0 Å². The van der Waals surface area contributed by atoms with Crippen molar-refractivity contribution >= 4 is 5.91 Å². The molecule has 0 aromatic rings. The van der Waals surface area contributed by atoms with Crippen LogP contribution in [0.3, 0.4) is 0 Å². The summed E-state index contributed by atoms with van der Waals surface area (Å²) in [6.45, 7) is 7.59. The van der Waals surface area contributed by atoms with Crippen molar-refractivity contribution in [1.82, 2.24) is 4.90 Å². The van der Waals surface area contributed by atoms with E-state index < -0.39 is 0 Å². The maximum Gasteiger partial charge on any atom is 0.230 e. The maximum atomic E-state index is 11.8. The second-order valence-corrected chi connectivity index (χ2v) is 4.43. The van der Waals surface area contributed by atoms with Crippen LogP contribution < -0.4 is 0 Å². The summed E-state index contributed by atoms with van der Waals surface area (Å²) in [6, 6.07) is 0. The highest BCUT2D eigenvalue weighted by atomic mass is 16.5. The van der Waals surface area contributed by atoms with Crippen molar-refractivity contribution in [1.29, 1.82) is 0 Å². The normalized spacial score (nSPS) is 34.8. The summed E-state index contributed by atoms with van der Waals surface area (Å²) in [5, 5.41) is 0. The lowest BCUT2D eigenvalue weighted by atomic mass is 10.0. The van der Waals surface area contributed by atoms with Gasteiger partial charge >= 0.3 is 0 Å². The molecule has 3 heteroatoms. The summed E-state index contributed by atoms with van der Waals surface area (Å²) < 4.78 is 5.02. The van der Waals surface area contributed by atoms with Crippen molar-refractivity contribution in [2.45, 2.75) is 13.8 Å². The van der Waals surface area contributed by atoms with E-state index in [9.17, 15) is 4.79 Å². The van der Waals surface area contributed by atoms with E-state index in [1.54, 1.807) is 0 Å². The van der Waals surface area contributed by atoms with Gasteiger partial charge in [-0.3, -0.25) is 4.79 Å². The van der Waals surface area contributed by atoms with Crippen LogP contribution in [0, 0.1) is 17.8 Å². The van der Waals surface area contributed by atoms with Crippen LogP contribution in [-0.2, 0) is 9.53 Å². The number of carbonyl (C=O) groups excluding carboxylic acids is 1. The molecule has 0 aromatic carbocycles. The SMILES string of the molecule is CC1CN(C(=O)C2COC2)CC1C. The Morgan fingerprint density at radius 2 is 1.77 bits per heavy atom. The third-order valence-corrected chi connectivity index (χ3v) is 3.29. The Labute approximate surface area is 79.0 Å². The lowest BCUT2D eigenvalue weighted by molar-refractivity contribution is -0.149. The molecule has 2 atom stereocenters. The third-order valence-electron chi connectivity index (χ3n) is 3.29. The lowest BCUT2D eigenvalue weighted by Crippen LogP contribution is -2.44. The summed E-state index contributed by atoms with van der Waals surface area (Å²) >= 11 is 0. The largest absolute Gasteiger partial charge is 0.380 e. The second kappa shape index (κ2) is 3.29. The van der Waals surface area contributed by atoms with Gasteiger partial charge in [0.15, 0.2) is 0 Å². The number of hydrogen-bond acceptors (Lipinski definition) is 2. The van der Waals surface area contributed by atoms with Crippen LogP contribution in [-0.4, -0.2) is 37.1 Å². The molecule has 0 spiro atoms. The summed E-state index contributed by atoms with van der Waals surface area (Å²) in [5.41, 5.74) is 0. The van der Waals surface area contributed by atoms with Crippen molar-refractivity contribution in [2.24, 2.45) is 17.8 Å². The van der Waals surface area contributed by atoms with Gasteiger partial charge in [0.25, 0.3) is 0 Å². The smallest absolute Gasteiger partial charge is 0.230 e. The van der Waals surface area contributed by atoms with E-state index in [1.807, 2.05) is 4.90 Å². The molecule has 2 heterocycles. The van der Waals surface area contributed by atoms with Crippen LogP contribution in [0.5, 0.6) is 0 Å². The molecule has 3 nitrogen and oxygen atoms in total. The summed E-state index contributed by atoms with van der Waals surface area (Å²) in [4.78, 5) is 13.8. The maximum absolute atomic E-state index is 11.8. The predicted molar refractivity (Wildman–Crippen MR) is 49.2 cm³/mol. The Balaban J connectivity index is 1.91. The van der Waals surface area contributed by atoms with Crippen LogP contribution in [0.1, 0.15) is 13.8 Å². The fourth-order valence-corrected chi connectivity index (χ4v) is 1.95. The van der Waals surface area contributed by atoms with Crippen LogP contribution >= 0.6 is 0 Å². The molecule has 2 unspecified atom stereocenters. The number of hydrogen-bond donors (Lipinski definition) is 0. The molecule has 0 radical (unpaired) electrons. The lowest BCUT2D eigenvalue weighted by Gasteiger charge is -2.29. The standard InChI is InChI=1S/C10H17NO2/c1-7-3-11(4-8(7)2)10(12)9-5-13-6-9/h7-9H,3-6H2,1-2H3. The van der Waals surface area contributed by atoms with Crippen molar-refractivity contribution in [3.05, 3.63) is 0 Å². The predicted octanol–water partition coefficient (Wildman–Crippen LogP) is 0.747. The fraction of sp³-hybridized carbons (Fsp3) is 0.900. The molecular weight excluding hydrogens is 166 g/mol. The molecule has 2 saturated heterocycles. The number of amides is 1. The van der Waals surface area contributed by atoms with E-state index in [4.69, 9.17) is 4.74 Å². The molecule has 0 N–H and O–H groups in total. The van der Waals surface area contributed by atoms with Crippen LogP contribution in [0.25, 0.3) is 0 Å². The van der Waals surface area contributed by atoms with Gasteiger partial charge in [0.1, 0.15) is 0 Å². The van der Waals surface area contributed by atoms with Gasteiger partial charge in [-0.15, -0.1) is 0 Å². The number of ether oxygens (including phenoxy) is 1. The van der Waals surface area contributed by atoms with Crippen molar-refractivity contribution in [2.75, 3.05) is 26.3 Å². The first kappa shape index (κ1) is 9.00. The zero-order valence-electron chi connectivity index (χ0n) is 8.32. The van der Waals surface area contributed by atoms with Gasteiger partial charge in [0.05, 0.1) is 19.1 Å². The quantitative estimate of drug-likeness (QED) is 0.600. The summed E-state index contributed by atoms with van der Waals surface area (Å²) in [6.07, 6.45) is 0. The van der Waals surface area contributed by atoms with Crippen LogP contribution in [0.4, 0.5) is 0 Å². The van der Waals surface area contributed by atoms with Gasteiger partial charge < -0.3 is 9.64 Å². The Kier molecular flexibility index (Phi) is 2.28. The van der Waals surface area contributed by atoms with Crippen molar-refractivity contribution < 1.29 is 9.53 Å². The number of nitrogens with zero attached hydrogens (tertiary/aromatic N) is 1. The molecule has 2 fully saturated rings. The first-order valence-electron chi connectivity index (χ1n) is 5.05. The van der Waals surface area contributed by atoms with E-state index in [1.165, 1.54) is 0 Å².